The summed E-state index contributed by atoms with van der Waals surface area (Å²) in [6.07, 6.45) is 16.8. The highest BCUT2D eigenvalue weighted by atomic mass is 14.9. The number of aryl methyl sites for hydroxylation is 2. The van der Waals surface area contributed by atoms with E-state index in [0.717, 1.165) is 89.4 Å². The van der Waals surface area contributed by atoms with Gasteiger partial charge in [-0.2, -0.15) is 0 Å². The molecule has 0 fully saturated rings. The molecule has 0 radical (unpaired) electrons. The number of hydrogen-bond acceptors (Lipinski definition) is 2. The Morgan fingerprint density at radius 2 is 0.680 bits per heavy atom. The number of nitrogens with zero attached hydrogens (tertiary/aromatic N) is 4. The third-order valence-electron chi connectivity index (χ3n) is 9.41. The first-order chi connectivity index (χ1) is 24.6. The zero-order valence-corrected chi connectivity index (χ0v) is 27.8. The van der Waals surface area contributed by atoms with E-state index < -0.39 is 0 Å². The topological polar surface area (TPSA) is 65.1 Å². The van der Waals surface area contributed by atoms with Gasteiger partial charge in [-0.3, -0.25) is 0 Å². The minimum absolute atomic E-state index is 0.872. The number of aromatic nitrogens is 6. The molecule has 7 heterocycles. The van der Waals surface area contributed by atoms with Crippen molar-refractivity contribution in [2.24, 2.45) is 14.1 Å². The van der Waals surface area contributed by atoms with Crippen LogP contribution in [0.5, 0.6) is 0 Å². The predicted octanol–water partition coefficient (Wildman–Crippen LogP) is 8.97. The summed E-state index contributed by atoms with van der Waals surface area (Å²) in [5, 5.41) is 0. The van der Waals surface area contributed by atoms with Crippen LogP contribution in [0.4, 0.5) is 0 Å². The maximum Gasteiger partial charge on any atom is 0.169 e. The fourth-order valence-corrected chi connectivity index (χ4v) is 6.97. The molecule has 0 saturated carbocycles. The van der Waals surface area contributed by atoms with Gasteiger partial charge < -0.3 is 9.97 Å². The monoisotopic (exact) mass is 646 g/mol. The van der Waals surface area contributed by atoms with Crippen molar-refractivity contribution < 1.29 is 9.13 Å². The van der Waals surface area contributed by atoms with Crippen LogP contribution >= 0.6 is 0 Å². The molecule has 2 aliphatic heterocycles. The average Bonchev–Trinajstić information content (AvgIpc) is 3.98. The third-order valence-corrected chi connectivity index (χ3v) is 9.41. The standard InChI is InChI=1S/C44H33N6/c1-49-25-21-31(22-26-49)43-37-17-15-35(46-37)41(29-9-5-3-6-10-29)33-13-14-34(45-33)42(30-11-7-4-8-12-30)36-16-18-38(47-36)44(40-20-19-39(43)48-40)32-23-27-50(2)28-24-32/h3-28H,1-2H3,(H,45,46,47,48)/q+1/p+1. The summed E-state index contributed by atoms with van der Waals surface area (Å²) in [6.45, 7) is 0. The lowest BCUT2D eigenvalue weighted by Gasteiger charge is -2.06. The number of benzene rings is 2. The Labute approximate surface area is 290 Å². The van der Waals surface area contributed by atoms with Crippen molar-refractivity contribution in [1.82, 2.24) is 19.9 Å². The third kappa shape index (κ3) is 5.24. The molecule has 2 aliphatic rings. The predicted molar refractivity (Wildman–Crippen MR) is 203 cm³/mol. The van der Waals surface area contributed by atoms with Gasteiger partial charge in [0.15, 0.2) is 24.8 Å². The SMILES string of the molecule is C[n+]1ccc(-c2c3nc(c(-c4ccccc4)c4ccc([nH]4)c(-c4ccccc4)c4ccc([nH]4)c(-c4cc[n+](C)cc4)c4nc2C=C4)C=C3)cc1. The van der Waals surface area contributed by atoms with Crippen molar-refractivity contribution in [1.29, 1.82) is 0 Å². The summed E-state index contributed by atoms with van der Waals surface area (Å²) in [5.41, 5.74) is 16.0. The molecule has 7 aromatic rings. The van der Waals surface area contributed by atoms with Gasteiger partial charge in [0.25, 0.3) is 0 Å². The van der Waals surface area contributed by atoms with Gasteiger partial charge in [-0.05, 0) is 70.8 Å². The Morgan fingerprint density at radius 1 is 0.360 bits per heavy atom. The van der Waals surface area contributed by atoms with Crippen LogP contribution < -0.4 is 9.13 Å². The fraction of sp³-hybridized carbons (Fsp3) is 0.0455. The van der Waals surface area contributed by atoms with Crippen LogP contribution in [0.3, 0.4) is 0 Å². The van der Waals surface area contributed by atoms with Gasteiger partial charge in [-0.15, -0.1) is 0 Å². The quantitative estimate of drug-likeness (QED) is 0.188. The van der Waals surface area contributed by atoms with Gasteiger partial charge in [-0.25, -0.2) is 19.1 Å². The highest BCUT2D eigenvalue weighted by Gasteiger charge is 2.20. The molecule has 238 valence electrons. The first-order valence-electron chi connectivity index (χ1n) is 16.8. The molecule has 8 bridgehead atoms. The summed E-state index contributed by atoms with van der Waals surface area (Å²) in [4.78, 5) is 18.4. The maximum atomic E-state index is 5.37. The summed E-state index contributed by atoms with van der Waals surface area (Å²) in [6, 6.07) is 38.3. The second-order valence-electron chi connectivity index (χ2n) is 12.7. The maximum absolute atomic E-state index is 5.37. The van der Waals surface area contributed by atoms with Gasteiger partial charge in [0.1, 0.15) is 14.1 Å². The Kier molecular flexibility index (Phi) is 7.13. The van der Waals surface area contributed by atoms with Crippen molar-refractivity contribution in [2.45, 2.75) is 0 Å². The Morgan fingerprint density at radius 3 is 1.10 bits per heavy atom. The summed E-state index contributed by atoms with van der Waals surface area (Å²) < 4.78 is 4.09. The molecule has 0 aliphatic carbocycles. The van der Waals surface area contributed by atoms with Gasteiger partial charge in [-0.1, -0.05) is 60.7 Å². The van der Waals surface area contributed by atoms with E-state index in [4.69, 9.17) is 9.97 Å². The van der Waals surface area contributed by atoms with Gasteiger partial charge in [0.2, 0.25) is 0 Å². The Bertz CT molecular complexity index is 2630. The minimum atomic E-state index is 0.872. The molecule has 0 amide bonds. The van der Waals surface area contributed by atoms with E-state index in [1.807, 2.05) is 29.3 Å². The van der Waals surface area contributed by atoms with Gasteiger partial charge in [0.05, 0.1) is 22.8 Å². The number of aromatic amines is 2. The molecule has 6 heteroatoms. The molecule has 2 aromatic carbocycles. The molecule has 0 atom stereocenters. The molecule has 2 N–H and O–H groups in total. The number of pyridine rings is 2. The molecule has 0 saturated heterocycles. The van der Waals surface area contributed by atoms with Crippen LogP contribution in [0.25, 0.3) is 90.9 Å². The molecule has 6 nitrogen and oxygen atoms in total. The molecule has 5 aromatic heterocycles. The highest BCUT2D eigenvalue weighted by molar-refractivity contribution is 6.00. The van der Waals surface area contributed by atoms with E-state index >= 15 is 0 Å². The van der Waals surface area contributed by atoms with Crippen molar-refractivity contribution in [2.75, 3.05) is 0 Å². The summed E-state index contributed by atoms with van der Waals surface area (Å²) >= 11 is 0. The zero-order valence-electron chi connectivity index (χ0n) is 27.8. The molecular formula is C44H34N6+2. The van der Waals surface area contributed by atoms with Crippen LogP contribution in [0.2, 0.25) is 0 Å². The van der Waals surface area contributed by atoms with Crippen LogP contribution in [-0.4, -0.2) is 19.9 Å². The second kappa shape index (κ2) is 12.1. The minimum Gasteiger partial charge on any atom is -0.354 e. The van der Waals surface area contributed by atoms with Crippen molar-refractivity contribution in [3.8, 4) is 44.5 Å². The number of nitrogens with one attached hydrogen (secondary N) is 2. The van der Waals surface area contributed by atoms with Crippen LogP contribution in [-0.2, 0) is 14.1 Å². The first-order valence-corrected chi connectivity index (χ1v) is 16.8. The van der Waals surface area contributed by atoms with Gasteiger partial charge >= 0.3 is 0 Å². The molecule has 50 heavy (non-hydrogen) atoms. The second-order valence-corrected chi connectivity index (χ2v) is 12.7. The van der Waals surface area contributed by atoms with E-state index in [0.29, 0.717) is 0 Å². The van der Waals surface area contributed by atoms with Crippen LogP contribution in [0.1, 0.15) is 22.8 Å². The smallest absolute Gasteiger partial charge is 0.169 e. The van der Waals surface area contributed by atoms with E-state index in [9.17, 15) is 0 Å². The van der Waals surface area contributed by atoms with E-state index in [1.165, 1.54) is 0 Å². The van der Waals surface area contributed by atoms with Gasteiger partial charge in [0, 0.05) is 68.6 Å². The largest absolute Gasteiger partial charge is 0.354 e. The normalized spacial score (nSPS) is 12.0. The van der Waals surface area contributed by atoms with Crippen molar-refractivity contribution in [3.63, 3.8) is 0 Å². The number of rotatable bonds is 4. The van der Waals surface area contributed by atoms with Crippen molar-refractivity contribution >= 4 is 46.4 Å². The fourth-order valence-electron chi connectivity index (χ4n) is 6.97. The first kappa shape index (κ1) is 29.5. The lowest BCUT2D eigenvalue weighted by molar-refractivity contribution is -0.671. The van der Waals surface area contributed by atoms with Crippen LogP contribution in [0, 0.1) is 0 Å². The Balaban J connectivity index is 1.48. The molecule has 0 spiro atoms. The Hall–Kier alpha value is -6.66. The molecule has 0 unspecified atom stereocenters. The zero-order chi connectivity index (χ0) is 33.6. The number of H-pyrrole nitrogens is 2. The van der Waals surface area contributed by atoms with E-state index in [1.54, 1.807) is 0 Å². The highest BCUT2D eigenvalue weighted by Crippen LogP contribution is 2.38. The average molecular weight is 647 g/mol. The lowest BCUT2D eigenvalue weighted by Crippen LogP contribution is -2.25. The van der Waals surface area contributed by atoms with Crippen LogP contribution in [0.15, 0.2) is 134 Å². The van der Waals surface area contributed by atoms with E-state index in [2.05, 4.69) is 162 Å². The van der Waals surface area contributed by atoms with E-state index in [-0.39, 0.29) is 0 Å². The summed E-state index contributed by atoms with van der Waals surface area (Å²) in [7, 11) is 4.07. The lowest BCUT2D eigenvalue weighted by atomic mass is 10.0. The number of fused-ring (bicyclic) bond motifs is 8. The summed E-state index contributed by atoms with van der Waals surface area (Å²) in [5.74, 6) is 0. The molecule has 9 rings (SSSR count). The number of hydrogen-bond donors (Lipinski definition) is 2. The molecular weight excluding hydrogens is 613 g/mol. The van der Waals surface area contributed by atoms with Crippen molar-refractivity contribution in [3.05, 3.63) is 157 Å².